The van der Waals surface area contributed by atoms with Gasteiger partial charge in [-0.15, -0.1) is 0 Å². The van der Waals surface area contributed by atoms with Crippen molar-refractivity contribution >= 4 is 11.9 Å². The van der Waals surface area contributed by atoms with Gasteiger partial charge < -0.3 is 14.9 Å². The van der Waals surface area contributed by atoms with E-state index in [9.17, 15) is 9.59 Å². The van der Waals surface area contributed by atoms with E-state index in [0.29, 0.717) is 18.6 Å². The number of aliphatic carboxylic acids is 1. The molecule has 2 rings (SSSR count). The molecule has 1 aromatic rings. The third-order valence-electron chi connectivity index (χ3n) is 3.19. The van der Waals surface area contributed by atoms with Crippen molar-refractivity contribution in [2.45, 2.75) is 39.2 Å². The largest absolute Gasteiger partial charge is 0.480 e. The molecule has 0 radical (unpaired) electrons. The van der Waals surface area contributed by atoms with Gasteiger partial charge in [-0.3, -0.25) is 9.59 Å². The van der Waals surface area contributed by atoms with Crippen LogP contribution in [0, 0.1) is 5.41 Å². The second-order valence-corrected chi connectivity index (χ2v) is 4.94. The Morgan fingerprint density at radius 3 is 2.67 bits per heavy atom. The van der Waals surface area contributed by atoms with Gasteiger partial charge in [0.2, 0.25) is 5.91 Å². The maximum atomic E-state index is 11.7. The molecule has 6 heteroatoms. The third-order valence-corrected chi connectivity index (χ3v) is 3.19. The molecule has 0 bridgehead atoms. The van der Waals surface area contributed by atoms with Gasteiger partial charge in [0, 0.05) is 6.07 Å². The van der Waals surface area contributed by atoms with Crippen molar-refractivity contribution in [2.75, 3.05) is 0 Å². The first-order valence-corrected chi connectivity index (χ1v) is 5.93. The van der Waals surface area contributed by atoms with Crippen LogP contribution in [0.1, 0.15) is 44.1 Å². The molecule has 0 unspecified atom stereocenters. The molecule has 0 spiro atoms. The number of aromatic nitrogens is 1. The van der Waals surface area contributed by atoms with Crippen molar-refractivity contribution in [1.29, 1.82) is 0 Å². The SMILES string of the molecule is CC(C)c1cc(CNC(=O)C2(C(=O)O)CC2)on1. The summed E-state index contributed by atoms with van der Waals surface area (Å²) >= 11 is 0. The molecule has 6 nitrogen and oxygen atoms in total. The number of hydrogen-bond donors (Lipinski definition) is 2. The molecule has 0 saturated heterocycles. The van der Waals surface area contributed by atoms with Crippen LogP contribution in [0.4, 0.5) is 0 Å². The molecule has 0 atom stereocenters. The topological polar surface area (TPSA) is 92.4 Å². The van der Waals surface area contributed by atoms with Crippen LogP contribution in [0.3, 0.4) is 0 Å². The Kier molecular flexibility index (Phi) is 3.11. The van der Waals surface area contributed by atoms with Crippen LogP contribution >= 0.6 is 0 Å². The lowest BCUT2D eigenvalue weighted by Crippen LogP contribution is -2.36. The van der Waals surface area contributed by atoms with Crippen molar-refractivity contribution in [3.05, 3.63) is 17.5 Å². The molecule has 18 heavy (non-hydrogen) atoms. The molecule has 1 aliphatic rings. The Bertz CT molecular complexity index is 474. The minimum atomic E-state index is -1.21. The molecule has 1 heterocycles. The highest BCUT2D eigenvalue weighted by Crippen LogP contribution is 2.46. The van der Waals surface area contributed by atoms with Gasteiger partial charge >= 0.3 is 5.97 Å². The molecule has 1 aliphatic carbocycles. The van der Waals surface area contributed by atoms with Crippen LogP contribution in [0.5, 0.6) is 0 Å². The highest BCUT2D eigenvalue weighted by molar-refractivity contribution is 6.04. The standard InChI is InChI=1S/C12H16N2O4/c1-7(2)9-5-8(18-14-9)6-13-10(15)12(3-4-12)11(16)17/h5,7H,3-4,6H2,1-2H3,(H,13,15)(H,16,17). The van der Waals surface area contributed by atoms with Gasteiger partial charge in [0.1, 0.15) is 5.41 Å². The highest BCUT2D eigenvalue weighted by Gasteiger charge is 2.56. The van der Waals surface area contributed by atoms with Crippen molar-refractivity contribution in [1.82, 2.24) is 10.5 Å². The van der Waals surface area contributed by atoms with E-state index < -0.39 is 17.3 Å². The summed E-state index contributed by atoms with van der Waals surface area (Å²) in [7, 11) is 0. The van der Waals surface area contributed by atoms with Gasteiger partial charge in [-0.25, -0.2) is 0 Å². The fourth-order valence-corrected chi connectivity index (χ4v) is 1.68. The summed E-state index contributed by atoms with van der Waals surface area (Å²) < 4.78 is 5.06. The summed E-state index contributed by atoms with van der Waals surface area (Å²) in [5.41, 5.74) is -0.389. The van der Waals surface area contributed by atoms with Gasteiger partial charge in [-0.2, -0.15) is 0 Å². The Balaban J connectivity index is 1.92. The predicted molar refractivity (Wildman–Crippen MR) is 61.7 cm³/mol. The molecule has 2 N–H and O–H groups in total. The normalized spacial score (nSPS) is 16.6. The zero-order chi connectivity index (χ0) is 13.3. The molecule has 0 aliphatic heterocycles. The van der Waals surface area contributed by atoms with Crippen LogP contribution in [0.25, 0.3) is 0 Å². The van der Waals surface area contributed by atoms with Gasteiger partial charge in [-0.1, -0.05) is 19.0 Å². The van der Waals surface area contributed by atoms with Crippen molar-refractivity contribution < 1.29 is 19.2 Å². The van der Waals surface area contributed by atoms with Gasteiger partial charge in [0.25, 0.3) is 0 Å². The summed E-state index contributed by atoms with van der Waals surface area (Å²) in [6.07, 6.45) is 0.809. The summed E-state index contributed by atoms with van der Waals surface area (Å²) in [5, 5.41) is 15.4. The molecule has 98 valence electrons. The first-order valence-electron chi connectivity index (χ1n) is 5.93. The second kappa shape index (κ2) is 4.44. The lowest BCUT2D eigenvalue weighted by molar-refractivity contribution is -0.149. The third kappa shape index (κ3) is 2.23. The number of nitrogens with one attached hydrogen (secondary N) is 1. The first kappa shape index (κ1) is 12.6. The van der Waals surface area contributed by atoms with E-state index in [1.165, 1.54) is 0 Å². The van der Waals surface area contributed by atoms with E-state index in [1.807, 2.05) is 13.8 Å². The van der Waals surface area contributed by atoms with Crippen LogP contribution in [-0.4, -0.2) is 22.1 Å². The number of carbonyl (C=O) groups excluding carboxylic acids is 1. The highest BCUT2D eigenvalue weighted by atomic mass is 16.5. The predicted octanol–water partition coefficient (Wildman–Crippen LogP) is 1.28. The maximum Gasteiger partial charge on any atom is 0.319 e. The lowest BCUT2D eigenvalue weighted by Gasteiger charge is -2.08. The molecule has 1 amide bonds. The Hall–Kier alpha value is -1.85. The fraction of sp³-hybridized carbons (Fsp3) is 0.583. The molecular weight excluding hydrogens is 236 g/mol. The minimum Gasteiger partial charge on any atom is -0.480 e. The number of nitrogens with zero attached hydrogens (tertiary/aromatic N) is 1. The minimum absolute atomic E-state index is 0.174. The Labute approximate surface area is 104 Å². The average molecular weight is 252 g/mol. The zero-order valence-electron chi connectivity index (χ0n) is 10.4. The van der Waals surface area contributed by atoms with E-state index in [2.05, 4.69) is 10.5 Å². The Morgan fingerprint density at radius 2 is 2.22 bits per heavy atom. The van der Waals surface area contributed by atoms with Crippen LogP contribution in [0.15, 0.2) is 10.6 Å². The van der Waals surface area contributed by atoms with E-state index in [-0.39, 0.29) is 12.5 Å². The van der Waals surface area contributed by atoms with Crippen LogP contribution < -0.4 is 5.32 Å². The maximum absolute atomic E-state index is 11.7. The Morgan fingerprint density at radius 1 is 1.56 bits per heavy atom. The smallest absolute Gasteiger partial charge is 0.319 e. The van der Waals surface area contributed by atoms with Crippen molar-refractivity contribution in [3.8, 4) is 0 Å². The van der Waals surface area contributed by atoms with Gasteiger partial charge in [0.05, 0.1) is 12.2 Å². The van der Waals surface area contributed by atoms with E-state index in [0.717, 1.165) is 5.69 Å². The number of hydrogen-bond acceptors (Lipinski definition) is 4. The van der Waals surface area contributed by atoms with Crippen molar-refractivity contribution in [2.24, 2.45) is 5.41 Å². The van der Waals surface area contributed by atoms with Gasteiger partial charge in [0.15, 0.2) is 5.76 Å². The number of carboxylic acids is 1. The van der Waals surface area contributed by atoms with Crippen LogP contribution in [-0.2, 0) is 16.1 Å². The summed E-state index contributed by atoms with van der Waals surface area (Å²) in [5.74, 6) is -0.710. The fourth-order valence-electron chi connectivity index (χ4n) is 1.68. The van der Waals surface area contributed by atoms with Crippen LogP contribution in [0.2, 0.25) is 0 Å². The first-order chi connectivity index (χ1) is 8.45. The van der Waals surface area contributed by atoms with E-state index >= 15 is 0 Å². The zero-order valence-corrected chi connectivity index (χ0v) is 10.4. The van der Waals surface area contributed by atoms with E-state index in [1.54, 1.807) is 6.07 Å². The number of carboxylic acid groups (broad SMARTS) is 1. The number of amides is 1. The molecular formula is C12H16N2O4. The van der Waals surface area contributed by atoms with E-state index in [4.69, 9.17) is 9.63 Å². The number of carbonyl (C=O) groups is 2. The summed E-state index contributed by atoms with van der Waals surface area (Å²) in [6, 6.07) is 1.77. The summed E-state index contributed by atoms with van der Waals surface area (Å²) in [6.45, 7) is 4.15. The van der Waals surface area contributed by atoms with Gasteiger partial charge in [-0.05, 0) is 18.8 Å². The molecule has 1 aromatic heterocycles. The second-order valence-electron chi connectivity index (χ2n) is 4.94. The molecule has 1 fully saturated rings. The molecule has 0 aromatic carbocycles. The lowest BCUT2D eigenvalue weighted by atomic mass is 10.1. The quantitative estimate of drug-likeness (QED) is 0.770. The monoisotopic (exact) mass is 252 g/mol. The number of rotatable bonds is 5. The average Bonchev–Trinajstić information content (AvgIpc) is 2.99. The summed E-state index contributed by atoms with van der Waals surface area (Å²) in [4.78, 5) is 22.7. The van der Waals surface area contributed by atoms with Crippen molar-refractivity contribution in [3.63, 3.8) is 0 Å². The molecule has 1 saturated carbocycles.